The van der Waals surface area contributed by atoms with Gasteiger partial charge in [0.05, 0.1) is 18.8 Å². The summed E-state index contributed by atoms with van der Waals surface area (Å²) >= 11 is 0. The van der Waals surface area contributed by atoms with Crippen LogP contribution in [0, 0.1) is 0 Å². The van der Waals surface area contributed by atoms with E-state index in [9.17, 15) is 13.9 Å². The number of nitrogens with one attached hydrogen (secondary N) is 1. The highest BCUT2D eigenvalue weighted by Crippen LogP contribution is 2.21. The molecule has 1 heterocycles. The molecule has 2 atom stereocenters. The lowest BCUT2D eigenvalue weighted by molar-refractivity contribution is 0.104. The molecular formula is C14H19F2NO2. The van der Waals surface area contributed by atoms with E-state index in [1.54, 1.807) is 12.1 Å². The summed E-state index contributed by atoms with van der Waals surface area (Å²) in [6.45, 7) is 1.39. The molecule has 5 heteroatoms. The number of aliphatic hydroxyl groups excluding tert-OH is 1. The van der Waals surface area contributed by atoms with Crippen molar-refractivity contribution in [2.45, 2.75) is 31.4 Å². The van der Waals surface area contributed by atoms with Crippen LogP contribution in [0.2, 0.25) is 0 Å². The van der Waals surface area contributed by atoms with E-state index in [4.69, 9.17) is 4.74 Å². The van der Waals surface area contributed by atoms with Crippen molar-refractivity contribution in [3.05, 3.63) is 35.4 Å². The van der Waals surface area contributed by atoms with Gasteiger partial charge < -0.3 is 15.2 Å². The van der Waals surface area contributed by atoms with Crippen molar-refractivity contribution in [2.24, 2.45) is 0 Å². The Morgan fingerprint density at radius 3 is 2.47 bits per heavy atom. The lowest BCUT2D eigenvalue weighted by Gasteiger charge is -2.19. The summed E-state index contributed by atoms with van der Waals surface area (Å²) in [6.07, 6.45) is -0.176. The van der Waals surface area contributed by atoms with Crippen molar-refractivity contribution in [3.63, 3.8) is 0 Å². The van der Waals surface area contributed by atoms with Crippen LogP contribution in [0.15, 0.2) is 24.3 Å². The number of benzene rings is 1. The Hall–Kier alpha value is -1.04. The zero-order valence-electron chi connectivity index (χ0n) is 10.7. The fourth-order valence-corrected chi connectivity index (χ4v) is 2.24. The summed E-state index contributed by atoms with van der Waals surface area (Å²) in [4.78, 5) is 0. The van der Waals surface area contributed by atoms with Gasteiger partial charge in [0.25, 0.3) is 6.43 Å². The molecule has 0 aromatic heterocycles. The maximum Gasteiger partial charge on any atom is 0.263 e. The maximum atomic E-state index is 12.5. The minimum absolute atomic E-state index is 0.000402. The van der Waals surface area contributed by atoms with E-state index in [2.05, 4.69) is 5.32 Å². The molecule has 1 fully saturated rings. The van der Waals surface area contributed by atoms with Gasteiger partial charge in [-0.3, -0.25) is 0 Å². The molecule has 0 aliphatic carbocycles. The second kappa shape index (κ2) is 6.93. The Morgan fingerprint density at radius 1 is 1.26 bits per heavy atom. The van der Waals surface area contributed by atoms with Crippen LogP contribution in [0.4, 0.5) is 8.78 Å². The fraction of sp³-hybridized carbons (Fsp3) is 0.571. The van der Waals surface area contributed by atoms with Crippen molar-refractivity contribution < 1.29 is 18.6 Å². The average Bonchev–Trinajstić information content (AvgIpc) is 2.93. The highest BCUT2D eigenvalue weighted by molar-refractivity contribution is 5.25. The molecule has 2 rings (SSSR count). The highest BCUT2D eigenvalue weighted by Gasteiger charge is 2.18. The van der Waals surface area contributed by atoms with Gasteiger partial charge in [-0.05, 0) is 18.4 Å². The molecule has 1 aromatic carbocycles. The van der Waals surface area contributed by atoms with Crippen LogP contribution in [-0.2, 0) is 4.74 Å². The van der Waals surface area contributed by atoms with Crippen LogP contribution in [-0.4, -0.2) is 31.0 Å². The van der Waals surface area contributed by atoms with Crippen LogP contribution in [0.5, 0.6) is 0 Å². The lowest BCUT2D eigenvalue weighted by Crippen LogP contribution is -2.31. The van der Waals surface area contributed by atoms with E-state index in [-0.39, 0.29) is 24.3 Å². The summed E-state index contributed by atoms with van der Waals surface area (Å²) in [7, 11) is 0. The standard InChI is InChI=1S/C14H19F2NO2/c15-14(16)11-5-3-10(4-6-11)13(9-18)17-8-12-2-1-7-19-12/h3-6,12-14,17-18H,1-2,7-9H2. The number of hydrogen-bond donors (Lipinski definition) is 2. The Bertz CT molecular complexity index is 378. The summed E-state index contributed by atoms with van der Waals surface area (Å²) in [5, 5.41) is 12.6. The molecule has 0 spiro atoms. The van der Waals surface area contributed by atoms with E-state index in [0.717, 1.165) is 25.0 Å². The van der Waals surface area contributed by atoms with Crippen LogP contribution >= 0.6 is 0 Å². The first-order valence-electron chi connectivity index (χ1n) is 6.54. The van der Waals surface area contributed by atoms with E-state index in [1.807, 2.05) is 0 Å². The van der Waals surface area contributed by atoms with Gasteiger partial charge in [0.1, 0.15) is 0 Å². The Balaban J connectivity index is 1.92. The van der Waals surface area contributed by atoms with E-state index >= 15 is 0 Å². The molecule has 19 heavy (non-hydrogen) atoms. The molecule has 1 aliphatic rings. The molecule has 1 aliphatic heterocycles. The van der Waals surface area contributed by atoms with Crippen LogP contribution in [0.3, 0.4) is 0 Å². The number of alkyl halides is 2. The summed E-state index contributed by atoms with van der Waals surface area (Å²) in [5.41, 5.74) is 0.810. The lowest BCUT2D eigenvalue weighted by atomic mass is 10.0. The van der Waals surface area contributed by atoms with Gasteiger partial charge in [-0.15, -0.1) is 0 Å². The smallest absolute Gasteiger partial charge is 0.263 e. The Kier molecular flexibility index (Phi) is 5.24. The van der Waals surface area contributed by atoms with Gasteiger partial charge in [0.2, 0.25) is 0 Å². The van der Waals surface area contributed by atoms with Gasteiger partial charge in [-0.1, -0.05) is 24.3 Å². The Labute approximate surface area is 111 Å². The molecule has 0 saturated carbocycles. The van der Waals surface area contributed by atoms with Crippen molar-refractivity contribution in [3.8, 4) is 0 Å². The second-order valence-corrected chi connectivity index (χ2v) is 4.75. The van der Waals surface area contributed by atoms with Crippen LogP contribution in [0.25, 0.3) is 0 Å². The Morgan fingerprint density at radius 2 is 1.95 bits per heavy atom. The van der Waals surface area contributed by atoms with Gasteiger partial charge >= 0.3 is 0 Å². The summed E-state index contributed by atoms with van der Waals surface area (Å²) in [6, 6.07) is 5.82. The normalized spacial score (nSPS) is 20.9. The molecule has 1 aromatic rings. The fourth-order valence-electron chi connectivity index (χ4n) is 2.24. The third kappa shape index (κ3) is 3.96. The number of hydrogen-bond acceptors (Lipinski definition) is 3. The van der Waals surface area contributed by atoms with E-state index < -0.39 is 6.43 Å². The minimum Gasteiger partial charge on any atom is -0.394 e. The van der Waals surface area contributed by atoms with Crippen molar-refractivity contribution >= 4 is 0 Å². The van der Waals surface area contributed by atoms with Gasteiger partial charge in [-0.25, -0.2) is 8.78 Å². The van der Waals surface area contributed by atoms with Gasteiger partial charge in [0, 0.05) is 18.7 Å². The van der Waals surface area contributed by atoms with Crippen LogP contribution < -0.4 is 5.32 Å². The number of halogens is 2. The summed E-state index contributed by atoms with van der Waals surface area (Å²) < 4.78 is 30.4. The second-order valence-electron chi connectivity index (χ2n) is 4.75. The maximum absolute atomic E-state index is 12.5. The third-order valence-corrected chi connectivity index (χ3v) is 3.39. The van der Waals surface area contributed by atoms with Crippen molar-refractivity contribution in [2.75, 3.05) is 19.8 Å². The molecule has 2 N–H and O–H groups in total. The topological polar surface area (TPSA) is 41.5 Å². The zero-order chi connectivity index (χ0) is 13.7. The summed E-state index contributed by atoms with van der Waals surface area (Å²) in [5.74, 6) is 0. The number of rotatable bonds is 6. The number of aliphatic hydroxyl groups is 1. The third-order valence-electron chi connectivity index (χ3n) is 3.39. The molecule has 0 bridgehead atoms. The number of ether oxygens (including phenoxy) is 1. The molecule has 0 amide bonds. The van der Waals surface area contributed by atoms with E-state index in [0.29, 0.717) is 6.54 Å². The average molecular weight is 271 g/mol. The quantitative estimate of drug-likeness (QED) is 0.835. The van der Waals surface area contributed by atoms with Gasteiger partial charge in [0.15, 0.2) is 0 Å². The zero-order valence-corrected chi connectivity index (χ0v) is 10.7. The first kappa shape index (κ1) is 14.4. The first-order chi connectivity index (χ1) is 9.20. The van der Waals surface area contributed by atoms with Crippen molar-refractivity contribution in [1.29, 1.82) is 0 Å². The monoisotopic (exact) mass is 271 g/mol. The molecule has 2 unspecified atom stereocenters. The highest BCUT2D eigenvalue weighted by atomic mass is 19.3. The predicted molar refractivity (Wildman–Crippen MR) is 68.2 cm³/mol. The minimum atomic E-state index is -2.46. The molecular weight excluding hydrogens is 252 g/mol. The largest absolute Gasteiger partial charge is 0.394 e. The first-order valence-corrected chi connectivity index (χ1v) is 6.54. The molecule has 3 nitrogen and oxygen atoms in total. The van der Waals surface area contributed by atoms with Crippen LogP contribution in [0.1, 0.15) is 36.4 Å². The van der Waals surface area contributed by atoms with Crippen molar-refractivity contribution in [1.82, 2.24) is 5.32 Å². The molecule has 0 radical (unpaired) electrons. The van der Waals surface area contributed by atoms with Gasteiger partial charge in [-0.2, -0.15) is 0 Å². The SMILES string of the molecule is OCC(NCC1CCCO1)c1ccc(C(F)F)cc1. The van der Waals surface area contributed by atoms with E-state index in [1.165, 1.54) is 12.1 Å². The molecule has 1 saturated heterocycles. The predicted octanol–water partition coefficient (Wildman–Crippen LogP) is 2.43. The molecule has 106 valence electrons.